The van der Waals surface area contributed by atoms with Crippen molar-refractivity contribution in [2.75, 3.05) is 7.05 Å². The number of carbonyl (C=O) groups is 2. The standard InChI is InChI=1S/C27H30N2O2/c1-20-12-14-23(15-13-20)18-26(30)29(19-24-11-7-8-21(2)16-24)25(27(31)28-3)17-22-9-5-4-6-10-22/h4-16,25H,17-19H2,1-3H3,(H,28,31)/t25-/m1/s1. The van der Waals surface area contributed by atoms with Gasteiger partial charge in [-0.15, -0.1) is 0 Å². The third-order valence-corrected chi connectivity index (χ3v) is 5.43. The molecule has 31 heavy (non-hydrogen) atoms. The van der Waals surface area contributed by atoms with E-state index in [9.17, 15) is 9.59 Å². The fourth-order valence-electron chi connectivity index (χ4n) is 3.71. The van der Waals surface area contributed by atoms with E-state index < -0.39 is 6.04 Å². The van der Waals surface area contributed by atoms with E-state index in [1.54, 1.807) is 11.9 Å². The van der Waals surface area contributed by atoms with E-state index in [4.69, 9.17) is 0 Å². The van der Waals surface area contributed by atoms with Gasteiger partial charge < -0.3 is 10.2 Å². The minimum atomic E-state index is -0.592. The summed E-state index contributed by atoms with van der Waals surface area (Å²) in [4.78, 5) is 28.1. The van der Waals surface area contributed by atoms with E-state index in [0.717, 1.165) is 27.8 Å². The summed E-state index contributed by atoms with van der Waals surface area (Å²) in [6.45, 7) is 4.44. The second-order valence-electron chi connectivity index (χ2n) is 7.99. The molecule has 0 aliphatic carbocycles. The molecule has 160 valence electrons. The predicted octanol–water partition coefficient (Wildman–Crippen LogP) is 4.23. The topological polar surface area (TPSA) is 49.4 Å². The first-order chi connectivity index (χ1) is 15.0. The average Bonchev–Trinajstić information content (AvgIpc) is 2.78. The Hall–Kier alpha value is -3.40. The van der Waals surface area contributed by atoms with Crippen LogP contribution >= 0.6 is 0 Å². The zero-order chi connectivity index (χ0) is 22.2. The van der Waals surface area contributed by atoms with Crippen molar-refractivity contribution in [2.24, 2.45) is 0 Å². The summed E-state index contributed by atoms with van der Waals surface area (Å²) in [5, 5.41) is 2.76. The van der Waals surface area contributed by atoms with Crippen molar-refractivity contribution in [2.45, 2.75) is 39.3 Å². The van der Waals surface area contributed by atoms with Gasteiger partial charge in [0.1, 0.15) is 6.04 Å². The van der Waals surface area contributed by atoms with Crippen molar-refractivity contribution < 1.29 is 9.59 Å². The predicted molar refractivity (Wildman–Crippen MR) is 125 cm³/mol. The summed E-state index contributed by atoms with van der Waals surface area (Å²) in [5.41, 5.74) is 5.26. The molecule has 0 aliphatic rings. The molecular formula is C27H30N2O2. The Morgan fingerprint density at radius 2 is 1.48 bits per heavy atom. The lowest BCUT2D eigenvalue weighted by atomic mass is 10.0. The van der Waals surface area contributed by atoms with Crippen LogP contribution in [0.5, 0.6) is 0 Å². The molecule has 0 unspecified atom stereocenters. The molecule has 1 atom stereocenters. The van der Waals surface area contributed by atoms with Crippen molar-refractivity contribution in [3.63, 3.8) is 0 Å². The molecule has 0 saturated carbocycles. The van der Waals surface area contributed by atoms with Crippen molar-refractivity contribution in [3.05, 3.63) is 107 Å². The van der Waals surface area contributed by atoms with Gasteiger partial charge in [0.25, 0.3) is 0 Å². The number of benzene rings is 3. The van der Waals surface area contributed by atoms with E-state index in [2.05, 4.69) is 11.4 Å². The van der Waals surface area contributed by atoms with Crippen molar-refractivity contribution >= 4 is 11.8 Å². The van der Waals surface area contributed by atoms with Gasteiger partial charge in [-0.1, -0.05) is 90.0 Å². The number of hydrogen-bond acceptors (Lipinski definition) is 2. The van der Waals surface area contributed by atoms with Crippen LogP contribution in [0.2, 0.25) is 0 Å². The molecule has 4 heteroatoms. The lowest BCUT2D eigenvalue weighted by Crippen LogP contribution is -2.50. The van der Waals surface area contributed by atoms with Gasteiger partial charge in [0.2, 0.25) is 11.8 Å². The maximum atomic E-state index is 13.5. The van der Waals surface area contributed by atoms with Gasteiger partial charge in [0, 0.05) is 20.0 Å². The van der Waals surface area contributed by atoms with Crippen LogP contribution in [0, 0.1) is 13.8 Å². The van der Waals surface area contributed by atoms with Crippen molar-refractivity contribution in [1.82, 2.24) is 10.2 Å². The minimum Gasteiger partial charge on any atom is -0.357 e. The Labute approximate surface area is 184 Å². The highest BCUT2D eigenvalue weighted by atomic mass is 16.2. The van der Waals surface area contributed by atoms with Gasteiger partial charge in [0.15, 0.2) is 0 Å². The van der Waals surface area contributed by atoms with Crippen molar-refractivity contribution in [1.29, 1.82) is 0 Å². The number of carbonyl (C=O) groups excluding carboxylic acids is 2. The highest BCUT2D eigenvalue weighted by Crippen LogP contribution is 2.17. The van der Waals surface area contributed by atoms with Crippen LogP contribution in [-0.2, 0) is 29.0 Å². The van der Waals surface area contributed by atoms with Crippen molar-refractivity contribution in [3.8, 4) is 0 Å². The molecule has 2 amide bonds. The van der Waals surface area contributed by atoms with Crippen LogP contribution < -0.4 is 5.32 Å². The molecule has 0 radical (unpaired) electrons. The zero-order valence-electron chi connectivity index (χ0n) is 18.5. The molecule has 3 rings (SSSR count). The molecule has 0 aromatic heterocycles. The monoisotopic (exact) mass is 414 g/mol. The lowest BCUT2D eigenvalue weighted by Gasteiger charge is -2.31. The fourth-order valence-corrected chi connectivity index (χ4v) is 3.71. The fraction of sp³-hybridized carbons (Fsp3) is 0.259. The van der Waals surface area contributed by atoms with E-state index in [-0.39, 0.29) is 18.2 Å². The summed E-state index contributed by atoms with van der Waals surface area (Å²) in [6.07, 6.45) is 0.723. The third-order valence-electron chi connectivity index (χ3n) is 5.43. The van der Waals surface area contributed by atoms with Crippen LogP contribution in [0.3, 0.4) is 0 Å². The second kappa shape index (κ2) is 10.6. The summed E-state index contributed by atoms with van der Waals surface area (Å²) in [5.74, 6) is -0.219. The highest BCUT2D eigenvalue weighted by molar-refractivity contribution is 5.88. The molecule has 1 N–H and O–H groups in total. The van der Waals surface area contributed by atoms with Gasteiger partial charge in [-0.05, 0) is 30.5 Å². The number of rotatable bonds is 8. The quantitative estimate of drug-likeness (QED) is 0.600. The Morgan fingerprint density at radius 1 is 0.806 bits per heavy atom. The molecule has 0 spiro atoms. The normalized spacial score (nSPS) is 11.6. The molecule has 0 heterocycles. The van der Waals surface area contributed by atoms with Crippen LogP contribution in [0.1, 0.15) is 27.8 Å². The van der Waals surface area contributed by atoms with Crippen LogP contribution in [0.4, 0.5) is 0 Å². The van der Waals surface area contributed by atoms with Gasteiger partial charge >= 0.3 is 0 Å². The van der Waals surface area contributed by atoms with Crippen LogP contribution in [0.15, 0.2) is 78.9 Å². The molecule has 0 saturated heterocycles. The van der Waals surface area contributed by atoms with Gasteiger partial charge in [-0.25, -0.2) is 0 Å². The SMILES string of the molecule is CNC(=O)[C@@H](Cc1ccccc1)N(Cc1cccc(C)c1)C(=O)Cc1ccc(C)cc1. The zero-order valence-corrected chi connectivity index (χ0v) is 18.5. The number of nitrogens with zero attached hydrogens (tertiary/aromatic N) is 1. The van der Waals surface area contributed by atoms with Gasteiger partial charge in [-0.3, -0.25) is 9.59 Å². The summed E-state index contributed by atoms with van der Waals surface area (Å²) in [7, 11) is 1.62. The smallest absolute Gasteiger partial charge is 0.242 e. The highest BCUT2D eigenvalue weighted by Gasteiger charge is 2.29. The van der Waals surface area contributed by atoms with Crippen LogP contribution in [0.25, 0.3) is 0 Å². The van der Waals surface area contributed by atoms with E-state index in [1.165, 1.54) is 0 Å². The Balaban J connectivity index is 1.93. The van der Waals surface area contributed by atoms with Crippen LogP contribution in [-0.4, -0.2) is 29.8 Å². The minimum absolute atomic E-state index is 0.0603. The number of likely N-dealkylation sites (N-methyl/N-ethyl adjacent to an activating group) is 1. The number of amides is 2. The first kappa shape index (κ1) is 22.3. The Kier molecular flexibility index (Phi) is 7.60. The third kappa shape index (κ3) is 6.29. The molecule has 3 aromatic rings. The second-order valence-corrected chi connectivity index (χ2v) is 7.99. The van der Waals surface area contributed by atoms with E-state index in [1.807, 2.05) is 86.6 Å². The number of hydrogen-bond donors (Lipinski definition) is 1. The molecule has 0 bridgehead atoms. The van der Waals surface area contributed by atoms with E-state index in [0.29, 0.717) is 13.0 Å². The molecule has 0 fully saturated rings. The molecular weight excluding hydrogens is 384 g/mol. The molecule has 3 aromatic carbocycles. The maximum Gasteiger partial charge on any atom is 0.242 e. The lowest BCUT2D eigenvalue weighted by molar-refractivity contribution is -0.140. The molecule has 0 aliphatic heterocycles. The van der Waals surface area contributed by atoms with E-state index >= 15 is 0 Å². The maximum absolute atomic E-state index is 13.5. The summed E-state index contributed by atoms with van der Waals surface area (Å²) < 4.78 is 0. The van der Waals surface area contributed by atoms with Gasteiger partial charge in [-0.2, -0.15) is 0 Å². The Bertz CT molecular complexity index is 1010. The van der Waals surface area contributed by atoms with Gasteiger partial charge in [0.05, 0.1) is 6.42 Å². The number of nitrogens with one attached hydrogen (secondary N) is 1. The first-order valence-corrected chi connectivity index (χ1v) is 10.6. The number of aryl methyl sites for hydroxylation is 2. The Morgan fingerprint density at radius 3 is 2.13 bits per heavy atom. The molecule has 4 nitrogen and oxygen atoms in total. The average molecular weight is 415 g/mol. The first-order valence-electron chi connectivity index (χ1n) is 10.6. The summed E-state index contributed by atoms with van der Waals surface area (Å²) in [6, 6.07) is 25.3. The largest absolute Gasteiger partial charge is 0.357 e. The summed E-state index contributed by atoms with van der Waals surface area (Å²) >= 11 is 0.